The number of hydrogen-bond donors (Lipinski definition) is 1. The summed E-state index contributed by atoms with van der Waals surface area (Å²) in [6.45, 7) is 4.57. The Morgan fingerprint density at radius 2 is 2.12 bits per heavy atom. The molecule has 0 bridgehead atoms. The predicted molar refractivity (Wildman–Crippen MR) is 106 cm³/mol. The standard InChI is InChI=1S/C19H30N2O3S2/c1-2-3-4-11-26(23,24)15-18(22)21(13-16-5-10-25-14-16)17-12-19(17)6-8-20-9-7-19/h5,10,14,17,20H,2-4,6-9,11-13,15H2,1H3. The lowest BCUT2D eigenvalue weighted by molar-refractivity contribution is -0.130. The number of hydrogen-bond acceptors (Lipinski definition) is 5. The van der Waals surface area contributed by atoms with Crippen molar-refractivity contribution in [3.8, 4) is 0 Å². The van der Waals surface area contributed by atoms with Crippen molar-refractivity contribution in [1.82, 2.24) is 10.2 Å². The molecule has 1 saturated heterocycles. The van der Waals surface area contributed by atoms with Gasteiger partial charge in [0.15, 0.2) is 9.84 Å². The molecule has 1 N–H and O–H groups in total. The second kappa shape index (κ2) is 8.40. The summed E-state index contributed by atoms with van der Waals surface area (Å²) in [4.78, 5) is 14.8. The number of piperidine rings is 1. The Balaban J connectivity index is 1.68. The summed E-state index contributed by atoms with van der Waals surface area (Å²) >= 11 is 1.61. The quantitative estimate of drug-likeness (QED) is 0.650. The average molecular weight is 399 g/mol. The molecule has 7 heteroatoms. The monoisotopic (exact) mass is 398 g/mol. The number of rotatable bonds is 9. The molecular formula is C19H30N2O3S2. The van der Waals surface area contributed by atoms with Crippen molar-refractivity contribution in [2.45, 2.75) is 58.0 Å². The van der Waals surface area contributed by atoms with E-state index in [1.165, 1.54) is 0 Å². The zero-order valence-electron chi connectivity index (χ0n) is 15.6. The van der Waals surface area contributed by atoms with Crippen LogP contribution in [0.25, 0.3) is 0 Å². The first-order valence-corrected chi connectivity index (χ1v) is 12.4. The summed E-state index contributed by atoms with van der Waals surface area (Å²) in [5.74, 6) is -0.433. The van der Waals surface area contributed by atoms with Gasteiger partial charge in [0.25, 0.3) is 0 Å². The highest BCUT2D eigenvalue weighted by molar-refractivity contribution is 7.92. The first-order chi connectivity index (χ1) is 12.5. The van der Waals surface area contributed by atoms with Gasteiger partial charge in [-0.2, -0.15) is 11.3 Å². The maximum Gasteiger partial charge on any atom is 0.238 e. The Morgan fingerprint density at radius 1 is 1.35 bits per heavy atom. The predicted octanol–water partition coefficient (Wildman–Crippen LogP) is 2.82. The van der Waals surface area contributed by atoms with Crippen molar-refractivity contribution < 1.29 is 13.2 Å². The minimum absolute atomic E-state index is 0.124. The van der Waals surface area contributed by atoms with Crippen molar-refractivity contribution >= 4 is 27.1 Å². The van der Waals surface area contributed by atoms with Gasteiger partial charge in [-0.15, -0.1) is 0 Å². The van der Waals surface area contributed by atoms with E-state index in [4.69, 9.17) is 0 Å². The van der Waals surface area contributed by atoms with Gasteiger partial charge in [-0.05, 0) is 66.6 Å². The Bertz CT molecular complexity index is 694. The number of unbranched alkanes of at least 4 members (excludes halogenated alkanes) is 2. The fourth-order valence-corrected chi connectivity index (χ4v) is 6.09. The molecule has 0 radical (unpaired) electrons. The highest BCUT2D eigenvalue weighted by atomic mass is 32.2. The van der Waals surface area contributed by atoms with Crippen LogP contribution in [-0.2, 0) is 21.2 Å². The first-order valence-electron chi connectivity index (χ1n) is 9.67. The topological polar surface area (TPSA) is 66.5 Å². The van der Waals surface area contributed by atoms with E-state index in [-0.39, 0.29) is 28.9 Å². The molecule has 1 unspecified atom stereocenters. The first kappa shape index (κ1) is 19.8. The molecule has 2 aliphatic rings. The fourth-order valence-electron chi connectivity index (χ4n) is 4.10. The average Bonchev–Trinajstić information content (AvgIpc) is 3.04. The van der Waals surface area contributed by atoms with Crippen LogP contribution in [0.1, 0.15) is 51.0 Å². The van der Waals surface area contributed by atoms with Crippen LogP contribution in [0, 0.1) is 5.41 Å². The van der Waals surface area contributed by atoms with E-state index in [9.17, 15) is 13.2 Å². The fraction of sp³-hybridized carbons (Fsp3) is 0.737. The molecule has 1 spiro atoms. The maximum atomic E-state index is 13.0. The van der Waals surface area contributed by atoms with Gasteiger partial charge in [-0.3, -0.25) is 4.79 Å². The number of carbonyl (C=O) groups is 1. The lowest BCUT2D eigenvalue weighted by atomic mass is 9.93. The van der Waals surface area contributed by atoms with Crippen molar-refractivity contribution in [3.63, 3.8) is 0 Å². The highest BCUT2D eigenvalue weighted by Gasteiger charge is 2.57. The summed E-state index contributed by atoms with van der Waals surface area (Å²) in [6, 6.07) is 2.22. The molecular weight excluding hydrogens is 368 g/mol. The van der Waals surface area contributed by atoms with Crippen LogP contribution in [0.5, 0.6) is 0 Å². The normalized spacial score (nSPS) is 21.7. The van der Waals surface area contributed by atoms with Crippen molar-refractivity contribution in [3.05, 3.63) is 22.4 Å². The number of carbonyl (C=O) groups excluding carboxylic acids is 1. The van der Waals surface area contributed by atoms with Gasteiger partial charge in [-0.1, -0.05) is 19.8 Å². The largest absolute Gasteiger partial charge is 0.334 e. The van der Waals surface area contributed by atoms with Crippen LogP contribution in [0.3, 0.4) is 0 Å². The number of amides is 1. The van der Waals surface area contributed by atoms with Crippen LogP contribution in [0.15, 0.2) is 16.8 Å². The van der Waals surface area contributed by atoms with Gasteiger partial charge in [-0.25, -0.2) is 8.42 Å². The molecule has 1 aliphatic heterocycles. The molecule has 1 saturated carbocycles. The van der Waals surface area contributed by atoms with E-state index < -0.39 is 9.84 Å². The molecule has 146 valence electrons. The number of thiophene rings is 1. The summed E-state index contributed by atoms with van der Waals surface area (Å²) in [5, 5.41) is 7.44. The summed E-state index contributed by atoms with van der Waals surface area (Å²) in [6.07, 6.45) is 5.69. The molecule has 0 aromatic carbocycles. The Kier molecular flexibility index (Phi) is 6.41. The number of nitrogens with one attached hydrogen (secondary N) is 1. The van der Waals surface area contributed by atoms with Crippen LogP contribution in [0.4, 0.5) is 0 Å². The minimum Gasteiger partial charge on any atom is -0.334 e. The van der Waals surface area contributed by atoms with Gasteiger partial charge in [0.2, 0.25) is 5.91 Å². The second-order valence-corrected chi connectivity index (χ2v) is 10.7. The van der Waals surface area contributed by atoms with Gasteiger partial charge >= 0.3 is 0 Å². The molecule has 1 aromatic rings. The Hall–Kier alpha value is -0.920. The van der Waals surface area contributed by atoms with Gasteiger partial charge in [0.05, 0.1) is 5.75 Å². The van der Waals surface area contributed by atoms with Gasteiger partial charge < -0.3 is 10.2 Å². The molecule has 2 heterocycles. The highest BCUT2D eigenvalue weighted by Crippen LogP contribution is 2.56. The lowest BCUT2D eigenvalue weighted by Crippen LogP contribution is -2.41. The number of nitrogens with zero attached hydrogens (tertiary/aromatic N) is 1. The van der Waals surface area contributed by atoms with E-state index >= 15 is 0 Å². The minimum atomic E-state index is -3.33. The third kappa shape index (κ3) is 4.87. The zero-order chi connectivity index (χ0) is 18.6. The Morgan fingerprint density at radius 3 is 2.77 bits per heavy atom. The second-order valence-electron chi connectivity index (χ2n) is 7.78. The van der Waals surface area contributed by atoms with Crippen molar-refractivity contribution in [2.75, 3.05) is 24.6 Å². The maximum absolute atomic E-state index is 13.0. The van der Waals surface area contributed by atoms with Crippen LogP contribution >= 0.6 is 11.3 Å². The SMILES string of the molecule is CCCCCS(=O)(=O)CC(=O)N(Cc1ccsc1)C1CC12CCNCC2. The van der Waals surface area contributed by atoms with Crippen molar-refractivity contribution in [2.24, 2.45) is 5.41 Å². The summed E-state index contributed by atoms with van der Waals surface area (Å²) in [7, 11) is -3.33. The van der Waals surface area contributed by atoms with Gasteiger partial charge in [0, 0.05) is 12.6 Å². The molecule has 26 heavy (non-hydrogen) atoms. The van der Waals surface area contributed by atoms with E-state index in [0.29, 0.717) is 13.0 Å². The molecule has 1 aliphatic carbocycles. The van der Waals surface area contributed by atoms with Crippen LogP contribution in [-0.4, -0.2) is 49.9 Å². The summed E-state index contributed by atoms with van der Waals surface area (Å²) < 4.78 is 24.8. The van der Waals surface area contributed by atoms with Gasteiger partial charge in [0.1, 0.15) is 5.75 Å². The lowest BCUT2D eigenvalue weighted by Gasteiger charge is -2.29. The third-order valence-electron chi connectivity index (χ3n) is 5.78. The van der Waals surface area contributed by atoms with Crippen molar-refractivity contribution in [1.29, 1.82) is 0 Å². The third-order valence-corrected chi connectivity index (χ3v) is 8.11. The van der Waals surface area contributed by atoms with E-state index in [2.05, 4.69) is 5.32 Å². The van der Waals surface area contributed by atoms with Crippen LogP contribution < -0.4 is 5.32 Å². The van der Waals surface area contributed by atoms with E-state index in [0.717, 1.165) is 50.8 Å². The molecule has 2 fully saturated rings. The van der Waals surface area contributed by atoms with Crippen LogP contribution in [0.2, 0.25) is 0 Å². The molecule has 1 atom stereocenters. The molecule has 5 nitrogen and oxygen atoms in total. The Labute approximate surface area is 161 Å². The summed E-state index contributed by atoms with van der Waals surface area (Å²) in [5.41, 5.74) is 1.31. The zero-order valence-corrected chi connectivity index (χ0v) is 17.2. The molecule has 1 aromatic heterocycles. The smallest absolute Gasteiger partial charge is 0.238 e. The van der Waals surface area contributed by atoms with E-state index in [1.807, 2.05) is 28.7 Å². The number of sulfone groups is 1. The molecule has 1 amide bonds. The molecule has 3 rings (SSSR count). The van der Waals surface area contributed by atoms with E-state index in [1.54, 1.807) is 11.3 Å².